The van der Waals surface area contributed by atoms with Crippen molar-refractivity contribution in [2.45, 2.75) is 6.92 Å². The molecule has 0 amide bonds. The van der Waals surface area contributed by atoms with Crippen molar-refractivity contribution in [3.63, 3.8) is 0 Å². The van der Waals surface area contributed by atoms with Gasteiger partial charge >= 0.3 is 0 Å². The van der Waals surface area contributed by atoms with Crippen LogP contribution in [0.25, 0.3) is 21.3 Å². The zero-order valence-corrected chi connectivity index (χ0v) is 12.4. The molecule has 3 rings (SSSR count). The van der Waals surface area contributed by atoms with E-state index in [4.69, 9.17) is 0 Å². The average Bonchev–Trinajstić information content (AvgIpc) is 2.74. The van der Waals surface area contributed by atoms with Crippen LogP contribution < -0.4 is 5.56 Å². The number of aromatic nitrogens is 1. The maximum Gasteiger partial charge on any atom is 0.260 e. The van der Waals surface area contributed by atoms with Gasteiger partial charge in [0.15, 0.2) is 0 Å². The Morgan fingerprint density at radius 1 is 1.32 bits per heavy atom. The molecule has 0 unspecified atom stereocenters. The van der Waals surface area contributed by atoms with Gasteiger partial charge in [-0.3, -0.25) is 4.79 Å². The summed E-state index contributed by atoms with van der Waals surface area (Å²) in [6, 6.07) is 7.52. The minimum atomic E-state index is -0.279. The van der Waals surface area contributed by atoms with Crippen LogP contribution in [-0.4, -0.2) is 10.1 Å². The molecule has 2 heterocycles. The summed E-state index contributed by atoms with van der Waals surface area (Å²) in [5, 5.41) is 12.2. The van der Waals surface area contributed by atoms with Gasteiger partial charge in [-0.1, -0.05) is 24.3 Å². The Balaban J connectivity index is 2.43. The summed E-state index contributed by atoms with van der Waals surface area (Å²) in [5.74, 6) is 0.0451. The standard InChI is InChI=1S/C14H10BrNO2S/c1-7-4-2-3-5-8(7)10-12(17)13-11(16-14(10)18)9(15)6-19-13/h2-6H,1H3,(H2,16,17,18). The molecular weight excluding hydrogens is 326 g/mol. The first-order valence-corrected chi connectivity index (χ1v) is 7.35. The smallest absolute Gasteiger partial charge is 0.260 e. The van der Waals surface area contributed by atoms with Gasteiger partial charge in [0.1, 0.15) is 5.75 Å². The second kappa shape index (κ2) is 4.51. The Morgan fingerprint density at radius 3 is 2.79 bits per heavy atom. The third kappa shape index (κ3) is 1.89. The van der Waals surface area contributed by atoms with Crippen LogP contribution in [0.2, 0.25) is 0 Å². The molecule has 0 aliphatic rings. The van der Waals surface area contributed by atoms with Crippen LogP contribution in [0.4, 0.5) is 0 Å². The van der Waals surface area contributed by atoms with Crippen molar-refractivity contribution >= 4 is 37.5 Å². The Kier molecular flexibility index (Phi) is 2.95. The van der Waals surface area contributed by atoms with Crippen molar-refractivity contribution in [2.24, 2.45) is 0 Å². The van der Waals surface area contributed by atoms with Crippen molar-refractivity contribution in [1.29, 1.82) is 0 Å². The first kappa shape index (κ1) is 12.4. The number of aromatic amines is 1. The van der Waals surface area contributed by atoms with Crippen molar-refractivity contribution < 1.29 is 5.11 Å². The van der Waals surface area contributed by atoms with Gasteiger partial charge in [0, 0.05) is 5.38 Å². The molecule has 1 aromatic carbocycles. The molecule has 0 saturated carbocycles. The van der Waals surface area contributed by atoms with E-state index in [2.05, 4.69) is 20.9 Å². The van der Waals surface area contributed by atoms with Gasteiger partial charge in [0.25, 0.3) is 5.56 Å². The van der Waals surface area contributed by atoms with E-state index in [1.807, 2.05) is 36.6 Å². The fourth-order valence-electron chi connectivity index (χ4n) is 2.13. The lowest BCUT2D eigenvalue weighted by atomic mass is 10.0. The highest BCUT2D eigenvalue weighted by Gasteiger charge is 2.17. The van der Waals surface area contributed by atoms with Gasteiger partial charge in [-0.2, -0.15) is 0 Å². The van der Waals surface area contributed by atoms with E-state index in [1.165, 1.54) is 11.3 Å². The predicted octanol–water partition coefficient (Wildman–Crippen LogP) is 4.03. The Morgan fingerprint density at radius 2 is 2.05 bits per heavy atom. The van der Waals surface area contributed by atoms with Gasteiger partial charge in [0.2, 0.25) is 0 Å². The lowest BCUT2D eigenvalue weighted by Gasteiger charge is -2.07. The Labute approximate surface area is 121 Å². The number of benzene rings is 1. The van der Waals surface area contributed by atoms with Crippen molar-refractivity contribution in [3.8, 4) is 16.9 Å². The number of halogens is 1. The largest absolute Gasteiger partial charge is 0.506 e. The van der Waals surface area contributed by atoms with Gasteiger partial charge in [0.05, 0.1) is 20.3 Å². The zero-order chi connectivity index (χ0) is 13.6. The Hall–Kier alpha value is -1.59. The van der Waals surface area contributed by atoms with Crippen LogP contribution in [0.15, 0.2) is 38.9 Å². The summed E-state index contributed by atoms with van der Waals surface area (Å²) in [4.78, 5) is 15.0. The second-order valence-corrected chi connectivity index (χ2v) is 6.01. The molecule has 0 spiro atoms. The highest BCUT2D eigenvalue weighted by molar-refractivity contribution is 9.10. The number of aromatic hydroxyl groups is 1. The van der Waals surface area contributed by atoms with Crippen LogP contribution >= 0.6 is 27.3 Å². The van der Waals surface area contributed by atoms with Crippen LogP contribution in [0, 0.1) is 6.92 Å². The normalized spacial score (nSPS) is 11.1. The molecule has 0 radical (unpaired) electrons. The minimum Gasteiger partial charge on any atom is -0.506 e. The number of fused-ring (bicyclic) bond motifs is 1. The summed E-state index contributed by atoms with van der Waals surface area (Å²) in [6.07, 6.45) is 0. The molecule has 19 heavy (non-hydrogen) atoms. The minimum absolute atomic E-state index is 0.0451. The molecule has 0 aliphatic carbocycles. The van der Waals surface area contributed by atoms with Gasteiger partial charge in [-0.15, -0.1) is 11.3 Å². The van der Waals surface area contributed by atoms with E-state index in [1.54, 1.807) is 0 Å². The molecule has 5 heteroatoms. The maximum absolute atomic E-state index is 12.2. The van der Waals surface area contributed by atoms with E-state index in [-0.39, 0.29) is 11.3 Å². The summed E-state index contributed by atoms with van der Waals surface area (Å²) >= 11 is 4.76. The van der Waals surface area contributed by atoms with Gasteiger partial charge in [-0.05, 0) is 34.0 Å². The lowest BCUT2D eigenvalue weighted by molar-refractivity contribution is 0.483. The quantitative estimate of drug-likeness (QED) is 0.705. The molecule has 0 fully saturated rings. The average molecular weight is 336 g/mol. The van der Waals surface area contributed by atoms with E-state index in [9.17, 15) is 9.90 Å². The van der Waals surface area contributed by atoms with E-state index in [0.717, 1.165) is 15.6 Å². The third-order valence-electron chi connectivity index (χ3n) is 3.08. The number of pyridine rings is 1. The molecule has 0 aliphatic heterocycles. The predicted molar refractivity (Wildman–Crippen MR) is 82.0 cm³/mol. The molecule has 2 N–H and O–H groups in total. The van der Waals surface area contributed by atoms with Gasteiger partial charge in [-0.25, -0.2) is 0 Å². The number of hydrogen-bond donors (Lipinski definition) is 2. The van der Waals surface area contributed by atoms with Crippen molar-refractivity contribution in [1.82, 2.24) is 4.98 Å². The number of rotatable bonds is 1. The fraction of sp³-hybridized carbons (Fsp3) is 0.0714. The second-order valence-electron chi connectivity index (χ2n) is 4.28. The lowest BCUT2D eigenvalue weighted by Crippen LogP contribution is -2.09. The first-order valence-electron chi connectivity index (χ1n) is 5.67. The van der Waals surface area contributed by atoms with Crippen molar-refractivity contribution in [3.05, 3.63) is 50.0 Å². The topological polar surface area (TPSA) is 53.1 Å². The summed E-state index contributed by atoms with van der Waals surface area (Å²) in [5.41, 5.74) is 2.41. The monoisotopic (exact) mass is 335 g/mol. The molecule has 96 valence electrons. The number of nitrogens with one attached hydrogen (secondary N) is 1. The number of H-pyrrole nitrogens is 1. The molecular formula is C14H10BrNO2S. The number of hydrogen-bond acceptors (Lipinski definition) is 3. The van der Waals surface area contributed by atoms with E-state index >= 15 is 0 Å². The highest BCUT2D eigenvalue weighted by Crippen LogP contribution is 2.39. The summed E-state index contributed by atoms with van der Waals surface area (Å²) in [6.45, 7) is 1.92. The van der Waals surface area contributed by atoms with Crippen molar-refractivity contribution in [2.75, 3.05) is 0 Å². The summed E-state index contributed by atoms with van der Waals surface area (Å²) < 4.78 is 1.47. The molecule has 0 saturated heterocycles. The van der Waals surface area contributed by atoms with Crippen LogP contribution in [0.5, 0.6) is 5.75 Å². The Bertz CT molecular complexity index is 835. The van der Waals surface area contributed by atoms with Crippen LogP contribution in [0.1, 0.15) is 5.56 Å². The number of aryl methyl sites for hydroxylation is 1. The highest BCUT2D eigenvalue weighted by atomic mass is 79.9. The molecule has 3 nitrogen and oxygen atoms in total. The maximum atomic E-state index is 12.2. The van der Waals surface area contributed by atoms with E-state index in [0.29, 0.717) is 15.8 Å². The van der Waals surface area contributed by atoms with E-state index < -0.39 is 0 Å². The first-order chi connectivity index (χ1) is 9.09. The molecule has 0 atom stereocenters. The molecule has 2 aromatic heterocycles. The van der Waals surface area contributed by atoms with Crippen LogP contribution in [0.3, 0.4) is 0 Å². The fourth-order valence-corrected chi connectivity index (χ4v) is 3.67. The molecule has 3 aromatic rings. The number of thiophene rings is 1. The molecule has 0 bridgehead atoms. The summed E-state index contributed by atoms with van der Waals surface area (Å²) in [7, 11) is 0. The SMILES string of the molecule is Cc1ccccc1-c1c(O)c2scc(Br)c2[nH]c1=O. The third-order valence-corrected chi connectivity index (χ3v) is 4.99. The zero-order valence-electron chi connectivity index (χ0n) is 10.0. The van der Waals surface area contributed by atoms with Gasteiger partial charge < -0.3 is 10.1 Å². The van der Waals surface area contributed by atoms with Crippen LogP contribution in [-0.2, 0) is 0 Å².